The van der Waals surface area contributed by atoms with Crippen molar-refractivity contribution in [2.24, 2.45) is 5.41 Å². The van der Waals surface area contributed by atoms with E-state index in [9.17, 15) is 4.79 Å². The van der Waals surface area contributed by atoms with Crippen LogP contribution in [0.1, 0.15) is 25.0 Å². The number of aryl methyl sites for hydroxylation is 1. The van der Waals surface area contributed by atoms with Crippen molar-refractivity contribution in [3.8, 4) is 0 Å². The Balaban J connectivity index is 1.93. The summed E-state index contributed by atoms with van der Waals surface area (Å²) >= 11 is 1.62. The highest BCUT2D eigenvalue weighted by Crippen LogP contribution is 2.51. The van der Waals surface area contributed by atoms with Crippen LogP contribution >= 0.6 is 11.8 Å². The molecule has 0 atom stereocenters. The van der Waals surface area contributed by atoms with Gasteiger partial charge in [0.25, 0.3) is 0 Å². The van der Waals surface area contributed by atoms with Gasteiger partial charge in [-0.25, -0.2) is 4.98 Å². The second-order valence-corrected chi connectivity index (χ2v) is 5.27. The third-order valence-electron chi connectivity index (χ3n) is 2.83. The first kappa shape index (κ1) is 11.4. The molecule has 2 rings (SSSR count). The van der Waals surface area contributed by atoms with Gasteiger partial charge in [-0.3, -0.25) is 9.78 Å². The molecule has 0 aliphatic heterocycles. The number of hydrogen-bond donors (Lipinski definition) is 1. The van der Waals surface area contributed by atoms with Crippen LogP contribution in [-0.2, 0) is 4.79 Å². The van der Waals surface area contributed by atoms with E-state index in [0.717, 1.165) is 29.3 Å². The Hall–Kier alpha value is -1.10. The molecule has 1 aromatic heterocycles. The number of rotatable bonds is 5. The minimum absolute atomic E-state index is 0.0143. The Labute approximate surface area is 98.5 Å². The SMILES string of the molecule is Cc1nccnc1SCC1(CC(=O)O)CC1. The number of aliphatic carboxylic acids is 1. The second kappa shape index (κ2) is 4.41. The highest BCUT2D eigenvalue weighted by molar-refractivity contribution is 7.99. The first-order chi connectivity index (χ1) is 7.61. The largest absolute Gasteiger partial charge is 0.481 e. The molecule has 1 aliphatic rings. The Morgan fingerprint density at radius 2 is 2.19 bits per heavy atom. The predicted octanol–water partition coefficient (Wildman–Crippen LogP) is 2.13. The fourth-order valence-electron chi connectivity index (χ4n) is 1.63. The van der Waals surface area contributed by atoms with Crippen molar-refractivity contribution in [2.75, 3.05) is 5.75 Å². The molecule has 0 aromatic carbocycles. The van der Waals surface area contributed by atoms with Crippen molar-refractivity contribution in [3.05, 3.63) is 18.1 Å². The lowest BCUT2D eigenvalue weighted by atomic mass is 10.1. The number of carboxylic acid groups (broad SMARTS) is 1. The van der Waals surface area contributed by atoms with Crippen molar-refractivity contribution in [1.82, 2.24) is 9.97 Å². The number of nitrogens with zero attached hydrogens (tertiary/aromatic N) is 2. The third kappa shape index (κ3) is 2.72. The van der Waals surface area contributed by atoms with Crippen LogP contribution in [-0.4, -0.2) is 26.8 Å². The molecule has 0 amide bonds. The highest BCUT2D eigenvalue weighted by Gasteiger charge is 2.44. The summed E-state index contributed by atoms with van der Waals surface area (Å²) in [4.78, 5) is 19.1. The van der Waals surface area contributed by atoms with Gasteiger partial charge in [0.1, 0.15) is 5.03 Å². The fraction of sp³-hybridized carbons (Fsp3) is 0.545. The standard InChI is InChI=1S/C11H14N2O2S/c1-8-10(13-5-4-12-8)16-7-11(2-3-11)6-9(14)15/h4-5H,2-3,6-7H2,1H3,(H,14,15). The van der Waals surface area contributed by atoms with E-state index in [1.165, 1.54) is 0 Å². The van der Waals surface area contributed by atoms with Gasteiger partial charge in [-0.2, -0.15) is 0 Å². The zero-order valence-electron chi connectivity index (χ0n) is 9.14. The molecule has 86 valence electrons. The van der Waals surface area contributed by atoms with Crippen LogP contribution in [0, 0.1) is 12.3 Å². The number of aromatic nitrogens is 2. The first-order valence-corrected chi connectivity index (χ1v) is 6.22. The Bertz CT molecular complexity index is 405. The van der Waals surface area contributed by atoms with E-state index in [2.05, 4.69) is 9.97 Å². The summed E-state index contributed by atoms with van der Waals surface area (Å²) in [6.45, 7) is 1.92. The second-order valence-electron chi connectivity index (χ2n) is 4.31. The fourth-order valence-corrected chi connectivity index (χ4v) is 2.86. The van der Waals surface area contributed by atoms with Gasteiger partial charge in [0, 0.05) is 18.1 Å². The van der Waals surface area contributed by atoms with Crippen LogP contribution in [0.3, 0.4) is 0 Å². The van der Waals surface area contributed by atoms with Crippen LogP contribution in [0.25, 0.3) is 0 Å². The topological polar surface area (TPSA) is 63.1 Å². The molecule has 1 heterocycles. The molecular formula is C11H14N2O2S. The van der Waals surface area contributed by atoms with E-state index in [-0.39, 0.29) is 11.8 Å². The average molecular weight is 238 g/mol. The molecule has 1 N–H and O–H groups in total. The van der Waals surface area contributed by atoms with Gasteiger partial charge in [-0.05, 0) is 25.2 Å². The molecule has 0 unspecified atom stereocenters. The van der Waals surface area contributed by atoms with E-state index in [1.54, 1.807) is 24.2 Å². The molecule has 0 saturated heterocycles. The summed E-state index contributed by atoms with van der Waals surface area (Å²) in [5.41, 5.74) is 0.930. The lowest BCUT2D eigenvalue weighted by molar-refractivity contribution is -0.138. The molecule has 16 heavy (non-hydrogen) atoms. The van der Waals surface area contributed by atoms with Crippen LogP contribution < -0.4 is 0 Å². The van der Waals surface area contributed by atoms with Crippen molar-refractivity contribution >= 4 is 17.7 Å². The van der Waals surface area contributed by atoms with Crippen molar-refractivity contribution < 1.29 is 9.90 Å². The molecule has 4 nitrogen and oxygen atoms in total. The Kier molecular flexibility index (Phi) is 3.14. The number of carbonyl (C=O) groups is 1. The zero-order valence-corrected chi connectivity index (χ0v) is 9.96. The minimum atomic E-state index is -0.700. The Morgan fingerprint density at radius 1 is 1.50 bits per heavy atom. The molecule has 0 bridgehead atoms. The molecule has 1 saturated carbocycles. The maximum atomic E-state index is 10.7. The van der Waals surface area contributed by atoms with Gasteiger partial charge in [0.15, 0.2) is 0 Å². The van der Waals surface area contributed by atoms with E-state index >= 15 is 0 Å². The molecule has 1 aliphatic carbocycles. The normalized spacial score (nSPS) is 17.1. The lowest BCUT2D eigenvalue weighted by Gasteiger charge is -2.11. The maximum absolute atomic E-state index is 10.7. The van der Waals surface area contributed by atoms with Crippen LogP contribution in [0.4, 0.5) is 0 Å². The van der Waals surface area contributed by atoms with E-state index in [0.29, 0.717) is 0 Å². The number of hydrogen-bond acceptors (Lipinski definition) is 4. The van der Waals surface area contributed by atoms with Crippen molar-refractivity contribution in [3.63, 3.8) is 0 Å². The number of carboxylic acids is 1. The maximum Gasteiger partial charge on any atom is 0.303 e. The Morgan fingerprint density at radius 3 is 2.75 bits per heavy atom. The van der Waals surface area contributed by atoms with Crippen molar-refractivity contribution in [2.45, 2.75) is 31.2 Å². The minimum Gasteiger partial charge on any atom is -0.481 e. The predicted molar refractivity (Wildman–Crippen MR) is 61.4 cm³/mol. The van der Waals surface area contributed by atoms with E-state index in [1.807, 2.05) is 6.92 Å². The van der Waals surface area contributed by atoms with E-state index in [4.69, 9.17) is 5.11 Å². The van der Waals surface area contributed by atoms with E-state index < -0.39 is 5.97 Å². The lowest BCUT2D eigenvalue weighted by Crippen LogP contribution is -2.11. The molecule has 0 radical (unpaired) electrons. The first-order valence-electron chi connectivity index (χ1n) is 5.24. The molecule has 0 spiro atoms. The summed E-state index contributed by atoms with van der Waals surface area (Å²) in [7, 11) is 0. The molecule has 1 aromatic rings. The van der Waals surface area contributed by atoms with Gasteiger partial charge in [0.05, 0.1) is 12.1 Å². The summed E-state index contributed by atoms with van der Waals surface area (Å²) in [5, 5.41) is 9.72. The molecule has 5 heteroatoms. The molecular weight excluding hydrogens is 224 g/mol. The third-order valence-corrected chi connectivity index (χ3v) is 4.27. The van der Waals surface area contributed by atoms with Crippen LogP contribution in [0.5, 0.6) is 0 Å². The quantitative estimate of drug-likeness (QED) is 0.796. The summed E-state index contributed by atoms with van der Waals surface area (Å²) in [6, 6.07) is 0. The van der Waals surface area contributed by atoms with Crippen LogP contribution in [0.15, 0.2) is 17.4 Å². The highest BCUT2D eigenvalue weighted by atomic mass is 32.2. The summed E-state index contributed by atoms with van der Waals surface area (Å²) < 4.78 is 0. The van der Waals surface area contributed by atoms with Gasteiger partial charge >= 0.3 is 5.97 Å². The monoisotopic (exact) mass is 238 g/mol. The van der Waals surface area contributed by atoms with Crippen LogP contribution in [0.2, 0.25) is 0 Å². The van der Waals surface area contributed by atoms with Crippen molar-refractivity contribution in [1.29, 1.82) is 0 Å². The number of thioether (sulfide) groups is 1. The molecule has 1 fully saturated rings. The summed E-state index contributed by atoms with van der Waals surface area (Å²) in [5.74, 6) is 0.132. The zero-order chi connectivity index (χ0) is 11.6. The smallest absolute Gasteiger partial charge is 0.303 e. The van der Waals surface area contributed by atoms with Gasteiger partial charge < -0.3 is 5.11 Å². The van der Waals surface area contributed by atoms with Gasteiger partial charge in [0.2, 0.25) is 0 Å². The van der Waals surface area contributed by atoms with Gasteiger partial charge in [-0.1, -0.05) is 0 Å². The summed E-state index contributed by atoms with van der Waals surface area (Å²) in [6.07, 6.45) is 5.66. The van der Waals surface area contributed by atoms with Gasteiger partial charge in [-0.15, -0.1) is 11.8 Å². The average Bonchev–Trinajstić information content (AvgIpc) is 2.96.